The highest BCUT2D eigenvalue weighted by Crippen LogP contribution is 2.31. The van der Waals surface area contributed by atoms with Crippen LogP contribution in [0.3, 0.4) is 0 Å². The van der Waals surface area contributed by atoms with E-state index in [1.165, 1.54) is 0 Å². The molecule has 0 bridgehead atoms. The van der Waals surface area contributed by atoms with Crippen molar-refractivity contribution in [3.05, 3.63) is 30.0 Å². The Morgan fingerprint density at radius 1 is 1.15 bits per heavy atom. The first-order chi connectivity index (χ1) is 9.76. The Labute approximate surface area is 118 Å². The highest BCUT2D eigenvalue weighted by molar-refractivity contribution is 5.75. The molecule has 1 aromatic carbocycles. The second-order valence-corrected chi connectivity index (χ2v) is 4.27. The van der Waals surface area contributed by atoms with Gasteiger partial charge in [0.15, 0.2) is 0 Å². The Morgan fingerprint density at radius 3 is 2.55 bits per heavy atom. The molecule has 108 valence electrons. The Bertz CT molecular complexity index is 535. The number of anilines is 1. The van der Waals surface area contributed by atoms with Crippen molar-refractivity contribution in [2.75, 3.05) is 25.6 Å². The summed E-state index contributed by atoms with van der Waals surface area (Å²) in [6.07, 6.45) is 0.678. The molecule has 0 saturated heterocycles. The first-order valence-corrected chi connectivity index (χ1v) is 6.81. The summed E-state index contributed by atoms with van der Waals surface area (Å²) in [6, 6.07) is 7.74. The number of hydrogen-bond donors (Lipinski definition) is 1. The molecule has 20 heavy (non-hydrogen) atoms. The SMILES string of the molecule is CCOCCc1noc(N)c1-c1ccc(OCC)cc1. The van der Waals surface area contributed by atoms with Crippen LogP contribution in [-0.4, -0.2) is 25.0 Å². The third kappa shape index (κ3) is 3.30. The van der Waals surface area contributed by atoms with Gasteiger partial charge in [-0.2, -0.15) is 0 Å². The van der Waals surface area contributed by atoms with Gasteiger partial charge in [0.2, 0.25) is 5.88 Å². The van der Waals surface area contributed by atoms with Gasteiger partial charge in [-0.25, -0.2) is 0 Å². The average Bonchev–Trinajstić information content (AvgIpc) is 2.82. The Hall–Kier alpha value is -2.01. The topological polar surface area (TPSA) is 70.5 Å². The molecule has 0 amide bonds. The minimum Gasteiger partial charge on any atom is -0.494 e. The predicted molar refractivity (Wildman–Crippen MR) is 77.7 cm³/mol. The predicted octanol–water partition coefficient (Wildman–Crippen LogP) is 2.90. The molecule has 0 aliphatic heterocycles. The molecule has 2 N–H and O–H groups in total. The third-order valence-corrected chi connectivity index (χ3v) is 2.93. The van der Waals surface area contributed by atoms with E-state index in [4.69, 9.17) is 19.7 Å². The summed E-state index contributed by atoms with van der Waals surface area (Å²) in [5, 5.41) is 4.01. The number of ether oxygens (including phenoxy) is 2. The second-order valence-electron chi connectivity index (χ2n) is 4.27. The summed E-state index contributed by atoms with van der Waals surface area (Å²) < 4.78 is 15.9. The van der Waals surface area contributed by atoms with Crippen LogP contribution in [0.2, 0.25) is 0 Å². The fourth-order valence-electron chi connectivity index (χ4n) is 2.01. The van der Waals surface area contributed by atoms with E-state index in [0.717, 1.165) is 22.6 Å². The van der Waals surface area contributed by atoms with Gasteiger partial charge in [0.1, 0.15) is 5.75 Å². The molecule has 0 fully saturated rings. The quantitative estimate of drug-likeness (QED) is 0.787. The van der Waals surface area contributed by atoms with Gasteiger partial charge in [0, 0.05) is 13.0 Å². The minimum absolute atomic E-state index is 0.334. The first kappa shape index (κ1) is 14.4. The maximum Gasteiger partial charge on any atom is 0.230 e. The normalized spacial score (nSPS) is 10.7. The number of rotatable bonds is 7. The van der Waals surface area contributed by atoms with Crippen LogP contribution >= 0.6 is 0 Å². The van der Waals surface area contributed by atoms with Crippen LogP contribution in [0.1, 0.15) is 19.5 Å². The smallest absolute Gasteiger partial charge is 0.230 e. The van der Waals surface area contributed by atoms with E-state index in [-0.39, 0.29) is 0 Å². The van der Waals surface area contributed by atoms with E-state index in [2.05, 4.69) is 5.16 Å². The Morgan fingerprint density at radius 2 is 1.90 bits per heavy atom. The summed E-state index contributed by atoms with van der Waals surface area (Å²) >= 11 is 0. The summed E-state index contributed by atoms with van der Waals surface area (Å²) in [7, 11) is 0. The van der Waals surface area contributed by atoms with Crippen molar-refractivity contribution < 1.29 is 14.0 Å². The molecule has 0 aliphatic rings. The van der Waals surface area contributed by atoms with Crippen molar-refractivity contribution in [1.29, 1.82) is 0 Å². The maximum absolute atomic E-state index is 5.87. The molecule has 2 rings (SSSR count). The zero-order chi connectivity index (χ0) is 14.4. The molecule has 0 radical (unpaired) electrons. The number of nitrogens with zero attached hydrogens (tertiary/aromatic N) is 1. The molecule has 1 aromatic heterocycles. The lowest BCUT2D eigenvalue weighted by Gasteiger charge is -2.06. The second kappa shape index (κ2) is 6.96. The average molecular weight is 276 g/mol. The lowest BCUT2D eigenvalue weighted by Crippen LogP contribution is -2.00. The van der Waals surface area contributed by atoms with Crippen molar-refractivity contribution in [2.24, 2.45) is 0 Å². The molecule has 0 aliphatic carbocycles. The standard InChI is InChI=1S/C15H20N2O3/c1-3-18-10-9-13-14(15(16)20-17-13)11-5-7-12(8-6-11)19-4-2/h5-8H,3-4,9-10,16H2,1-2H3. The van der Waals surface area contributed by atoms with E-state index in [1.807, 2.05) is 38.1 Å². The number of aromatic nitrogens is 1. The molecular weight excluding hydrogens is 256 g/mol. The zero-order valence-corrected chi connectivity index (χ0v) is 11.9. The molecule has 0 atom stereocenters. The van der Waals surface area contributed by atoms with Crippen LogP contribution in [0.25, 0.3) is 11.1 Å². The van der Waals surface area contributed by atoms with E-state index in [1.54, 1.807) is 0 Å². The van der Waals surface area contributed by atoms with E-state index in [9.17, 15) is 0 Å². The largest absolute Gasteiger partial charge is 0.494 e. The van der Waals surface area contributed by atoms with Crippen molar-refractivity contribution >= 4 is 5.88 Å². The highest BCUT2D eigenvalue weighted by atomic mass is 16.5. The zero-order valence-electron chi connectivity index (χ0n) is 11.9. The highest BCUT2D eigenvalue weighted by Gasteiger charge is 2.15. The number of hydrogen-bond acceptors (Lipinski definition) is 5. The molecule has 0 spiro atoms. The Balaban J connectivity index is 2.20. The number of nitrogen functional groups attached to an aromatic ring is 1. The molecular formula is C15H20N2O3. The maximum atomic E-state index is 5.87. The molecule has 1 heterocycles. The van der Waals surface area contributed by atoms with Crippen molar-refractivity contribution in [3.63, 3.8) is 0 Å². The summed E-state index contributed by atoms with van der Waals surface area (Å²) in [5.41, 5.74) is 8.50. The van der Waals surface area contributed by atoms with Crippen molar-refractivity contribution in [3.8, 4) is 16.9 Å². The summed E-state index contributed by atoms with van der Waals surface area (Å²) in [6.45, 7) is 5.86. The molecule has 5 heteroatoms. The van der Waals surface area contributed by atoms with Crippen LogP contribution in [0.4, 0.5) is 5.88 Å². The molecule has 5 nitrogen and oxygen atoms in total. The minimum atomic E-state index is 0.334. The third-order valence-electron chi connectivity index (χ3n) is 2.93. The number of nitrogens with two attached hydrogens (primary N) is 1. The van der Waals surface area contributed by atoms with Gasteiger partial charge >= 0.3 is 0 Å². The van der Waals surface area contributed by atoms with E-state index < -0.39 is 0 Å². The van der Waals surface area contributed by atoms with Gasteiger partial charge in [-0.3, -0.25) is 0 Å². The van der Waals surface area contributed by atoms with E-state index >= 15 is 0 Å². The van der Waals surface area contributed by atoms with Gasteiger partial charge in [-0.1, -0.05) is 17.3 Å². The van der Waals surface area contributed by atoms with E-state index in [0.29, 0.717) is 32.1 Å². The van der Waals surface area contributed by atoms with Crippen LogP contribution in [0, 0.1) is 0 Å². The van der Waals surface area contributed by atoms with Crippen LogP contribution < -0.4 is 10.5 Å². The number of benzene rings is 1. The van der Waals surface area contributed by atoms with Crippen LogP contribution in [0.15, 0.2) is 28.8 Å². The van der Waals surface area contributed by atoms with Crippen LogP contribution in [-0.2, 0) is 11.2 Å². The van der Waals surface area contributed by atoms with Gasteiger partial charge in [0.25, 0.3) is 0 Å². The van der Waals surface area contributed by atoms with Gasteiger partial charge in [0.05, 0.1) is 24.5 Å². The van der Waals surface area contributed by atoms with Gasteiger partial charge in [-0.15, -0.1) is 0 Å². The monoisotopic (exact) mass is 276 g/mol. The summed E-state index contributed by atoms with van der Waals surface area (Å²) in [4.78, 5) is 0. The van der Waals surface area contributed by atoms with Gasteiger partial charge < -0.3 is 19.7 Å². The summed E-state index contributed by atoms with van der Waals surface area (Å²) in [5.74, 6) is 1.17. The van der Waals surface area contributed by atoms with Crippen molar-refractivity contribution in [2.45, 2.75) is 20.3 Å². The Kier molecular flexibility index (Phi) is 5.01. The lowest BCUT2D eigenvalue weighted by atomic mass is 10.0. The molecule has 0 unspecified atom stereocenters. The van der Waals surface area contributed by atoms with Crippen LogP contribution in [0.5, 0.6) is 5.75 Å². The fourth-order valence-corrected chi connectivity index (χ4v) is 2.01. The lowest BCUT2D eigenvalue weighted by molar-refractivity contribution is 0.149. The molecule has 0 saturated carbocycles. The fraction of sp³-hybridized carbons (Fsp3) is 0.400. The van der Waals surface area contributed by atoms with Crippen molar-refractivity contribution in [1.82, 2.24) is 5.16 Å². The first-order valence-electron chi connectivity index (χ1n) is 6.81. The molecule has 2 aromatic rings. The van der Waals surface area contributed by atoms with Gasteiger partial charge in [-0.05, 0) is 31.5 Å².